The van der Waals surface area contributed by atoms with Crippen molar-refractivity contribution < 1.29 is 4.74 Å². The van der Waals surface area contributed by atoms with Crippen molar-refractivity contribution in [1.29, 1.82) is 0 Å². The van der Waals surface area contributed by atoms with Crippen LogP contribution in [-0.4, -0.2) is 16.5 Å². The van der Waals surface area contributed by atoms with Gasteiger partial charge in [-0.05, 0) is 79.3 Å². The summed E-state index contributed by atoms with van der Waals surface area (Å²) < 4.78 is 6.38. The molecule has 2 heterocycles. The lowest BCUT2D eigenvalue weighted by Gasteiger charge is -2.21. The summed E-state index contributed by atoms with van der Waals surface area (Å²) in [6.45, 7) is 1.72. The number of hydrogen-bond acceptors (Lipinski definition) is 3. The number of nitrogens with zero attached hydrogens (tertiary/aromatic N) is 1. The molecule has 0 bridgehead atoms. The number of nitrogens with one attached hydrogen (secondary N) is 2. The molecule has 2 aromatic carbocycles. The molecule has 6 rings (SSSR count). The van der Waals surface area contributed by atoms with Gasteiger partial charge in [0, 0.05) is 5.56 Å². The molecule has 2 fully saturated rings. The molecule has 2 aliphatic carbocycles. The average molecular weight is 414 g/mol. The zero-order chi connectivity index (χ0) is 20.7. The predicted octanol–water partition coefficient (Wildman–Crippen LogP) is 5.74. The fourth-order valence-corrected chi connectivity index (χ4v) is 6.05. The van der Waals surface area contributed by atoms with Crippen molar-refractivity contribution in [1.82, 2.24) is 15.3 Å². The van der Waals surface area contributed by atoms with Crippen molar-refractivity contribution in [3.05, 3.63) is 71.2 Å². The molecule has 1 aromatic heterocycles. The first-order chi connectivity index (χ1) is 15.3. The van der Waals surface area contributed by atoms with Gasteiger partial charge in [-0.15, -0.1) is 0 Å². The van der Waals surface area contributed by atoms with Gasteiger partial charge in [-0.3, -0.25) is 0 Å². The summed E-state index contributed by atoms with van der Waals surface area (Å²) in [5, 5.41) is 3.56. The van der Waals surface area contributed by atoms with Gasteiger partial charge in [0.25, 0.3) is 0 Å². The van der Waals surface area contributed by atoms with Crippen LogP contribution >= 0.6 is 0 Å². The molecule has 1 atom stereocenters. The summed E-state index contributed by atoms with van der Waals surface area (Å²) in [5.74, 6) is 2.16. The third-order valence-corrected chi connectivity index (χ3v) is 7.67. The second kappa shape index (κ2) is 7.83. The second-order valence-corrected chi connectivity index (χ2v) is 9.73. The number of rotatable bonds is 5. The zero-order valence-corrected chi connectivity index (χ0v) is 18.1. The molecule has 1 saturated carbocycles. The number of imidazole rings is 1. The van der Waals surface area contributed by atoms with E-state index in [9.17, 15) is 0 Å². The molecular formula is C27H31N3O. The summed E-state index contributed by atoms with van der Waals surface area (Å²) in [7, 11) is 0. The van der Waals surface area contributed by atoms with Crippen molar-refractivity contribution >= 4 is 0 Å². The minimum Gasteiger partial charge on any atom is -0.489 e. The smallest absolute Gasteiger partial charge is 0.123 e. The molecule has 0 amide bonds. The number of H-pyrrole nitrogens is 1. The van der Waals surface area contributed by atoms with E-state index >= 15 is 0 Å². The summed E-state index contributed by atoms with van der Waals surface area (Å²) in [6, 6.07) is 15.3. The van der Waals surface area contributed by atoms with Crippen molar-refractivity contribution in [2.45, 2.75) is 64.0 Å². The first-order valence-corrected chi connectivity index (χ1v) is 11.9. The minimum atomic E-state index is 0.372. The molecule has 4 nitrogen and oxygen atoms in total. The Morgan fingerprint density at radius 3 is 2.61 bits per heavy atom. The van der Waals surface area contributed by atoms with Crippen LogP contribution in [0.15, 0.2) is 48.7 Å². The molecule has 3 aliphatic rings. The van der Waals surface area contributed by atoms with E-state index in [1.54, 1.807) is 0 Å². The van der Waals surface area contributed by atoms with Gasteiger partial charge in [-0.1, -0.05) is 43.2 Å². The Kier molecular flexibility index (Phi) is 4.83. The van der Waals surface area contributed by atoms with E-state index in [2.05, 4.69) is 52.8 Å². The van der Waals surface area contributed by atoms with E-state index in [0.29, 0.717) is 18.1 Å². The highest BCUT2D eigenvalue weighted by Gasteiger charge is 2.42. The van der Waals surface area contributed by atoms with Gasteiger partial charge in [0.1, 0.15) is 18.2 Å². The summed E-state index contributed by atoms with van der Waals surface area (Å²) in [5.41, 5.74) is 7.06. The second-order valence-electron chi connectivity index (χ2n) is 9.73. The fraction of sp³-hybridized carbons (Fsp3) is 0.444. The molecule has 1 saturated heterocycles. The molecule has 0 radical (unpaired) electrons. The van der Waals surface area contributed by atoms with E-state index < -0.39 is 0 Å². The Bertz CT molecular complexity index is 1060. The number of aromatic nitrogens is 2. The Morgan fingerprint density at radius 2 is 1.81 bits per heavy atom. The first-order valence-electron chi connectivity index (χ1n) is 11.9. The highest BCUT2D eigenvalue weighted by molar-refractivity contribution is 5.69. The van der Waals surface area contributed by atoms with Crippen LogP contribution in [0.3, 0.4) is 0 Å². The van der Waals surface area contributed by atoms with Crippen LogP contribution in [-0.2, 0) is 19.4 Å². The SMILES string of the molecule is c1ccc(COc2ccc(-c3cnc(C4CCCN4)[nH]3)c3c2CC2(CCCC2)C3)cc1. The Balaban J connectivity index is 1.33. The van der Waals surface area contributed by atoms with Crippen LogP contribution in [0.25, 0.3) is 11.3 Å². The van der Waals surface area contributed by atoms with E-state index in [1.165, 1.54) is 67.2 Å². The molecule has 1 aliphatic heterocycles. The molecular weight excluding hydrogens is 382 g/mol. The molecule has 3 aromatic rings. The van der Waals surface area contributed by atoms with Crippen LogP contribution in [0, 0.1) is 5.41 Å². The highest BCUT2D eigenvalue weighted by atomic mass is 16.5. The zero-order valence-electron chi connectivity index (χ0n) is 18.1. The van der Waals surface area contributed by atoms with Crippen molar-refractivity contribution in [3.8, 4) is 17.0 Å². The third-order valence-electron chi connectivity index (χ3n) is 7.67. The number of benzene rings is 2. The topological polar surface area (TPSA) is 49.9 Å². The number of ether oxygens (including phenoxy) is 1. The Morgan fingerprint density at radius 1 is 0.968 bits per heavy atom. The number of aromatic amines is 1. The lowest BCUT2D eigenvalue weighted by Crippen LogP contribution is -2.16. The Hall–Kier alpha value is -2.59. The fourth-order valence-electron chi connectivity index (χ4n) is 6.05. The molecule has 4 heteroatoms. The maximum atomic E-state index is 6.38. The number of fused-ring (bicyclic) bond motifs is 1. The molecule has 31 heavy (non-hydrogen) atoms. The van der Waals surface area contributed by atoms with Crippen LogP contribution in [0.2, 0.25) is 0 Å². The van der Waals surface area contributed by atoms with Crippen LogP contribution in [0.5, 0.6) is 5.75 Å². The normalized spacial score (nSPS) is 21.6. The van der Waals surface area contributed by atoms with Crippen LogP contribution < -0.4 is 10.1 Å². The lowest BCUT2D eigenvalue weighted by molar-refractivity contribution is 0.292. The van der Waals surface area contributed by atoms with Gasteiger partial charge in [-0.2, -0.15) is 0 Å². The summed E-state index contributed by atoms with van der Waals surface area (Å²) >= 11 is 0. The predicted molar refractivity (Wildman–Crippen MR) is 123 cm³/mol. The van der Waals surface area contributed by atoms with Crippen molar-refractivity contribution in [2.24, 2.45) is 5.41 Å². The number of hydrogen-bond donors (Lipinski definition) is 2. The molecule has 1 unspecified atom stereocenters. The largest absolute Gasteiger partial charge is 0.489 e. The first kappa shape index (κ1) is 19.1. The van der Waals surface area contributed by atoms with E-state index in [1.807, 2.05) is 6.20 Å². The van der Waals surface area contributed by atoms with E-state index in [0.717, 1.165) is 30.2 Å². The minimum absolute atomic E-state index is 0.372. The van der Waals surface area contributed by atoms with E-state index in [-0.39, 0.29) is 0 Å². The van der Waals surface area contributed by atoms with Gasteiger partial charge in [0.15, 0.2) is 0 Å². The van der Waals surface area contributed by atoms with Crippen LogP contribution in [0.4, 0.5) is 0 Å². The van der Waals surface area contributed by atoms with Crippen LogP contribution in [0.1, 0.15) is 67.1 Å². The maximum Gasteiger partial charge on any atom is 0.123 e. The van der Waals surface area contributed by atoms with Gasteiger partial charge >= 0.3 is 0 Å². The Labute approximate surface area is 184 Å². The van der Waals surface area contributed by atoms with Gasteiger partial charge in [0.2, 0.25) is 0 Å². The lowest BCUT2D eigenvalue weighted by atomic mass is 9.83. The summed E-state index contributed by atoms with van der Waals surface area (Å²) in [4.78, 5) is 8.38. The van der Waals surface area contributed by atoms with Crippen molar-refractivity contribution in [2.75, 3.05) is 6.54 Å². The molecule has 160 valence electrons. The quantitative estimate of drug-likeness (QED) is 0.561. The van der Waals surface area contributed by atoms with E-state index in [4.69, 9.17) is 9.72 Å². The third kappa shape index (κ3) is 3.57. The van der Waals surface area contributed by atoms with Gasteiger partial charge < -0.3 is 15.0 Å². The molecule has 2 N–H and O–H groups in total. The highest BCUT2D eigenvalue weighted by Crippen LogP contribution is 2.53. The molecule has 1 spiro atoms. The van der Waals surface area contributed by atoms with Gasteiger partial charge in [-0.25, -0.2) is 4.98 Å². The van der Waals surface area contributed by atoms with Gasteiger partial charge in [0.05, 0.1) is 17.9 Å². The standard InChI is InChI=1S/C27H31N3O/c1-2-7-19(8-3-1)18-31-25-11-10-20(21-15-27(16-22(21)25)12-4-5-13-27)24-17-29-26(30-24)23-9-6-14-28-23/h1-3,7-8,10-11,17,23,28H,4-6,9,12-16,18H2,(H,29,30). The van der Waals surface area contributed by atoms with Crippen molar-refractivity contribution in [3.63, 3.8) is 0 Å². The monoisotopic (exact) mass is 413 g/mol. The average Bonchev–Trinajstić information content (AvgIpc) is 3.60. The maximum absolute atomic E-state index is 6.38. The summed E-state index contributed by atoms with van der Waals surface area (Å²) in [6.07, 6.45) is 12.2.